The van der Waals surface area contributed by atoms with Crippen molar-refractivity contribution in [2.24, 2.45) is 0 Å². The predicted molar refractivity (Wildman–Crippen MR) is 101 cm³/mol. The van der Waals surface area contributed by atoms with Gasteiger partial charge in [-0.2, -0.15) is 0 Å². The summed E-state index contributed by atoms with van der Waals surface area (Å²) in [4.78, 5) is 32.7. The second-order valence-corrected chi connectivity index (χ2v) is 6.13. The normalized spacial score (nSPS) is 10.6. The molecule has 0 unspecified atom stereocenters. The van der Waals surface area contributed by atoms with Crippen LogP contribution in [0.25, 0.3) is 11.0 Å². The van der Waals surface area contributed by atoms with E-state index in [2.05, 4.69) is 9.97 Å². The van der Waals surface area contributed by atoms with Gasteiger partial charge in [-0.3, -0.25) is 4.79 Å². The van der Waals surface area contributed by atoms with E-state index < -0.39 is 5.97 Å². The molecule has 0 amide bonds. The van der Waals surface area contributed by atoms with Gasteiger partial charge < -0.3 is 9.47 Å². The van der Waals surface area contributed by atoms with Gasteiger partial charge in [-0.25, -0.2) is 14.8 Å². The highest BCUT2D eigenvalue weighted by atomic mass is 16.6. The summed E-state index contributed by atoms with van der Waals surface area (Å²) in [6.07, 6.45) is 0. The highest BCUT2D eigenvalue weighted by Crippen LogP contribution is 2.18. The van der Waals surface area contributed by atoms with E-state index in [1.165, 1.54) is 6.92 Å². The number of carbonyl (C=O) groups excluding carboxylic acids is 2. The number of para-hydroxylation sites is 1. The monoisotopic (exact) mass is 364 g/mol. The lowest BCUT2D eigenvalue weighted by Crippen LogP contribution is -2.13. The number of aromatic nitrogens is 2. The number of ketones is 1. The minimum absolute atomic E-state index is 0.0711. The molecule has 0 fully saturated rings. The first kappa shape index (κ1) is 18.5. The lowest BCUT2D eigenvalue weighted by atomic mass is 10.1. The Morgan fingerprint density at radius 2 is 1.63 bits per heavy atom. The summed E-state index contributed by atoms with van der Waals surface area (Å²) in [6, 6.07) is 12.1. The average molecular weight is 364 g/mol. The van der Waals surface area contributed by atoms with Crippen LogP contribution in [-0.4, -0.2) is 34.9 Å². The average Bonchev–Trinajstić information content (AvgIpc) is 2.65. The van der Waals surface area contributed by atoms with Gasteiger partial charge in [0.15, 0.2) is 5.78 Å². The zero-order valence-corrected chi connectivity index (χ0v) is 15.5. The minimum Gasteiger partial charge on any atom is -0.489 e. The fourth-order valence-corrected chi connectivity index (χ4v) is 2.61. The molecule has 2 aromatic carbocycles. The van der Waals surface area contributed by atoms with Gasteiger partial charge in [0.1, 0.15) is 19.0 Å². The zero-order chi connectivity index (χ0) is 19.4. The van der Waals surface area contributed by atoms with Gasteiger partial charge >= 0.3 is 5.97 Å². The van der Waals surface area contributed by atoms with E-state index >= 15 is 0 Å². The van der Waals surface area contributed by atoms with Crippen LogP contribution in [0.15, 0.2) is 42.5 Å². The summed E-state index contributed by atoms with van der Waals surface area (Å²) in [6.45, 7) is 5.48. The lowest BCUT2D eigenvalue weighted by Gasteiger charge is -2.10. The first-order valence-electron chi connectivity index (χ1n) is 8.60. The maximum atomic E-state index is 12.2. The molecule has 27 heavy (non-hydrogen) atoms. The molecule has 1 aromatic heterocycles. The van der Waals surface area contributed by atoms with Crippen LogP contribution in [0.2, 0.25) is 0 Å². The number of Topliss-reactive ketones (excluding diaryl/α,β-unsaturated/α-hetero) is 1. The van der Waals surface area contributed by atoms with Crippen molar-refractivity contribution in [2.75, 3.05) is 13.2 Å². The third kappa shape index (κ3) is 4.28. The summed E-state index contributed by atoms with van der Waals surface area (Å²) < 4.78 is 10.8. The standard InChI is InChI=1S/C21H20N2O4/c1-13-14(2)23-19-12-16(8-9-18(19)22-13)21(25)27-11-10-26-20-7-5-4-6-17(20)15(3)24/h4-9,12H,10-11H2,1-3H3. The fourth-order valence-electron chi connectivity index (χ4n) is 2.61. The summed E-state index contributed by atoms with van der Waals surface area (Å²) in [7, 11) is 0. The van der Waals surface area contributed by atoms with Crippen molar-refractivity contribution in [2.45, 2.75) is 20.8 Å². The molecule has 1 heterocycles. The number of nitrogens with zero attached hydrogens (tertiary/aromatic N) is 2. The van der Waals surface area contributed by atoms with E-state index in [9.17, 15) is 9.59 Å². The SMILES string of the molecule is CC(=O)c1ccccc1OCCOC(=O)c1ccc2nc(C)c(C)nc2c1. The number of benzene rings is 2. The van der Waals surface area contributed by atoms with E-state index in [1.54, 1.807) is 42.5 Å². The van der Waals surface area contributed by atoms with Gasteiger partial charge in [-0.1, -0.05) is 12.1 Å². The van der Waals surface area contributed by atoms with E-state index in [1.807, 2.05) is 13.8 Å². The van der Waals surface area contributed by atoms with E-state index in [0.717, 1.165) is 16.9 Å². The number of fused-ring (bicyclic) bond motifs is 1. The molecular weight excluding hydrogens is 344 g/mol. The second-order valence-electron chi connectivity index (χ2n) is 6.13. The summed E-state index contributed by atoms with van der Waals surface area (Å²) in [5, 5.41) is 0. The largest absolute Gasteiger partial charge is 0.489 e. The van der Waals surface area contributed by atoms with Gasteiger partial charge in [-0.05, 0) is 51.1 Å². The lowest BCUT2D eigenvalue weighted by molar-refractivity contribution is 0.0449. The highest BCUT2D eigenvalue weighted by molar-refractivity contribution is 5.96. The van der Waals surface area contributed by atoms with Gasteiger partial charge in [-0.15, -0.1) is 0 Å². The van der Waals surface area contributed by atoms with Crippen molar-refractivity contribution < 1.29 is 19.1 Å². The highest BCUT2D eigenvalue weighted by Gasteiger charge is 2.11. The first-order chi connectivity index (χ1) is 13.0. The van der Waals surface area contributed by atoms with Gasteiger partial charge in [0.25, 0.3) is 0 Å². The molecule has 0 aliphatic heterocycles. The molecule has 138 valence electrons. The molecule has 6 nitrogen and oxygen atoms in total. The van der Waals surface area contributed by atoms with Gasteiger partial charge in [0.2, 0.25) is 0 Å². The molecule has 3 rings (SSSR count). The number of aryl methyl sites for hydroxylation is 2. The Balaban J connectivity index is 1.61. The number of rotatable bonds is 6. The molecule has 0 saturated heterocycles. The summed E-state index contributed by atoms with van der Waals surface area (Å²) in [5.41, 5.74) is 3.98. The Morgan fingerprint density at radius 1 is 0.926 bits per heavy atom. The van der Waals surface area contributed by atoms with Crippen molar-refractivity contribution in [3.05, 3.63) is 65.0 Å². The molecular formula is C21H20N2O4. The molecule has 6 heteroatoms. The quantitative estimate of drug-likeness (QED) is 0.377. The molecule has 0 aliphatic rings. The Kier molecular flexibility index (Phi) is 5.45. The van der Waals surface area contributed by atoms with Crippen LogP contribution in [-0.2, 0) is 4.74 Å². The van der Waals surface area contributed by atoms with Crippen LogP contribution in [0.4, 0.5) is 0 Å². The first-order valence-corrected chi connectivity index (χ1v) is 8.60. The Hall–Kier alpha value is -3.28. The van der Waals surface area contributed by atoms with E-state index in [0.29, 0.717) is 22.4 Å². The van der Waals surface area contributed by atoms with Crippen LogP contribution in [0, 0.1) is 13.8 Å². The van der Waals surface area contributed by atoms with Crippen LogP contribution in [0.3, 0.4) is 0 Å². The molecule has 0 saturated carbocycles. The smallest absolute Gasteiger partial charge is 0.338 e. The van der Waals surface area contributed by atoms with Crippen molar-refractivity contribution >= 4 is 22.8 Å². The van der Waals surface area contributed by atoms with Crippen molar-refractivity contribution in [1.29, 1.82) is 0 Å². The maximum Gasteiger partial charge on any atom is 0.338 e. The number of hydrogen-bond donors (Lipinski definition) is 0. The van der Waals surface area contributed by atoms with Crippen LogP contribution < -0.4 is 4.74 Å². The van der Waals surface area contributed by atoms with Crippen molar-refractivity contribution in [1.82, 2.24) is 9.97 Å². The van der Waals surface area contributed by atoms with Crippen LogP contribution >= 0.6 is 0 Å². The van der Waals surface area contributed by atoms with E-state index in [-0.39, 0.29) is 19.0 Å². The molecule has 0 spiro atoms. The minimum atomic E-state index is -0.458. The van der Waals surface area contributed by atoms with Crippen LogP contribution in [0.1, 0.15) is 39.0 Å². The van der Waals surface area contributed by atoms with E-state index in [4.69, 9.17) is 9.47 Å². The topological polar surface area (TPSA) is 78.4 Å². The second kappa shape index (κ2) is 7.95. The number of esters is 1. The third-order valence-corrected chi connectivity index (χ3v) is 4.15. The maximum absolute atomic E-state index is 12.2. The Morgan fingerprint density at radius 3 is 2.37 bits per heavy atom. The summed E-state index contributed by atoms with van der Waals surface area (Å²) in [5.74, 6) is -0.0568. The molecule has 0 bridgehead atoms. The molecule has 0 aliphatic carbocycles. The van der Waals surface area contributed by atoms with Crippen molar-refractivity contribution in [3.8, 4) is 5.75 Å². The third-order valence-electron chi connectivity index (χ3n) is 4.15. The Labute approximate surface area is 157 Å². The van der Waals surface area contributed by atoms with Crippen molar-refractivity contribution in [3.63, 3.8) is 0 Å². The molecule has 0 radical (unpaired) electrons. The fraction of sp³-hybridized carbons (Fsp3) is 0.238. The number of carbonyl (C=O) groups is 2. The van der Waals surface area contributed by atoms with Gasteiger partial charge in [0, 0.05) is 0 Å². The zero-order valence-electron chi connectivity index (χ0n) is 15.5. The molecule has 0 atom stereocenters. The molecule has 3 aromatic rings. The predicted octanol–water partition coefficient (Wildman–Crippen LogP) is 3.69. The Bertz CT molecular complexity index is 1010. The van der Waals surface area contributed by atoms with Crippen LogP contribution in [0.5, 0.6) is 5.75 Å². The summed E-state index contributed by atoms with van der Waals surface area (Å²) >= 11 is 0. The number of hydrogen-bond acceptors (Lipinski definition) is 6. The molecule has 0 N–H and O–H groups in total. The number of ether oxygens (including phenoxy) is 2. The van der Waals surface area contributed by atoms with Gasteiger partial charge in [0.05, 0.1) is 33.5 Å².